The van der Waals surface area contributed by atoms with Crippen LogP contribution in [0, 0.1) is 0 Å². The van der Waals surface area contributed by atoms with Gasteiger partial charge < -0.3 is 15.0 Å². The van der Waals surface area contributed by atoms with E-state index in [0.717, 1.165) is 43.0 Å². The van der Waals surface area contributed by atoms with Gasteiger partial charge in [0.25, 0.3) is 0 Å². The molecule has 0 aliphatic heterocycles. The predicted molar refractivity (Wildman–Crippen MR) is 89.4 cm³/mol. The van der Waals surface area contributed by atoms with E-state index in [1.54, 1.807) is 0 Å². The number of rotatable bonds is 9. The molecule has 3 nitrogen and oxygen atoms in total. The molecule has 20 heavy (non-hydrogen) atoms. The molecular formula is C16H27BrN2O. The van der Waals surface area contributed by atoms with Crippen LogP contribution in [-0.4, -0.2) is 37.2 Å². The maximum absolute atomic E-state index is 6.01. The van der Waals surface area contributed by atoms with Crippen molar-refractivity contribution in [2.24, 2.45) is 0 Å². The van der Waals surface area contributed by atoms with Crippen molar-refractivity contribution in [2.75, 3.05) is 26.2 Å². The van der Waals surface area contributed by atoms with E-state index in [1.165, 1.54) is 5.56 Å². The number of halogens is 1. The summed E-state index contributed by atoms with van der Waals surface area (Å²) in [5, 5.41) is 3.44. The maximum atomic E-state index is 6.01. The van der Waals surface area contributed by atoms with Crippen LogP contribution < -0.4 is 10.1 Å². The van der Waals surface area contributed by atoms with Crippen molar-refractivity contribution >= 4 is 15.9 Å². The van der Waals surface area contributed by atoms with Gasteiger partial charge in [-0.05, 0) is 35.1 Å². The highest BCUT2D eigenvalue weighted by molar-refractivity contribution is 9.10. The lowest BCUT2D eigenvalue weighted by Gasteiger charge is -2.20. The zero-order chi connectivity index (χ0) is 15.0. The monoisotopic (exact) mass is 342 g/mol. The second-order valence-electron chi connectivity index (χ2n) is 5.14. The van der Waals surface area contributed by atoms with Gasteiger partial charge in [0, 0.05) is 24.7 Å². The number of likely N-dealkylation sites (N-methyl/N-ethyl adjacent to an activating group) is 1. The van der Waals surface area contributed by atoms with E-state index >= 15 is 0 Å². The highest BCUT2D eigenvalue weighted by Crippen LogP contribution is 2.29. The molecular weight excluding hydrogens is 316 g/mol. The van der Waals surface area contributed by atoms with Crippen LogP contribution >= 0.6 is 15.9 Å². The van der Waals surface area contributed by atoms with Gasteiger partial charge in [-0.2, -0.15) is 0 Å². The molecule has 0 aliphatic rings. The van der Waals surface area contributed by atoms with Gasteiger partial charge >= 0.3 is 0 Å². The van der Waals surface area contributed by atoms with Gasteiger partial charge in [-0.1, -0.05) is 39.8 Å². The van der Waals surface area contributed by atoms with E-state index in [9.17, 15) is 0 Å². The van der Waals surface area contributed by atoms with Gasteiger partial charge in [0.05, 0.1) is 4.47 Å². The molecule has 0 saturated heterocycles. The van der Waals surface area contributed by atoms with Crippen molar-refractivity contribution in [3.8, 4) is 5.75 Å². The molecule has 0 aliphatic carbocycles. The number of benzene rings is 1. The molecule has 0 radical (unpaired) electrons. The molecule has 0 aromatic heterocycles. The van der Waals surface area contributed by atoms with Gasteiger partial charge in [-0.25, -0.2) is 0 Å². The summed E-state index contributed by atoms with van der Waals surface area (Å²) in [5.74, 6) is 0.966. The third-order valence-electron chi connectivity index (χ3n) is 3.30. The molecule has 0 saturated carbocycles. The Hall–Kier alpha value is -0.580. The van der Waals surface area contributed by atoms with Crippen LogP contribution in [0.2, 0.25) is 0 Å². The molecule has 0 atom stereocenters. The van der Waals surface area contributed by atoms with Crippen LogP contribution in [0.4, 0.5) is 0 Å². The van der Waals surface area contributed by atoms with Gasteiger partial charge in [0.15, 0.2) is 0 Å². The fourth-order valence-corrected chi connectivity index (χ4v) is 2.51. The van der Waals surface area contributed by atoms with Crippen molar-refractivity contribution in [3.63, 3.8) is 0 Å². The van der Waals surface area contributed by atoms with Crippen molar-refractivity contribution in [2.45, 2.75) is 40.3 Å². The zero-order valence-electron chi connectivity index (χ0n) is 13.1. The summed E-state index contributed by atoms with van der Waals surface area (Å²) in [6, 6.07) is 6.68. The summed E-state index contributed by atoms with van der Waals surface area (Å²) in [6.07, 6.45) is 0. The second kappa shape index (κ2) is 9.37. The first-order valence-corrected chi connectivity index (χ1v) is 8.23. The lowest BCUT2D eigenvalue weighted by atomic mass is 10.2. The summed E-state index contributed by atoms with van der Waals surface area (Å²) in [7, 11) is 0. The average Bonchev–Trinajstić information content (AvgIpc) is 2.43. The van der Waals surface area contributed by atoms with E-state index in [2.05, 4.69) is 66.0 Å². The summed E-state index contributed by atoms with van der Waals surface area (Å²) in [4.78, 5) is 2.36. The fraction of sp³-hybridized carbons (Fsp3) is 0.625. The van der Waals surface area contributed by atoms with Crippen LogP contribution in [-0.2, 0) is 6.54 Å². The third kappa shape index (κ3) is 5.81. The summed E-state index contributed by atoms with van der Waals surface area (Å²) < 4.78 is 7.03. The SMILES string of the molecule is CCN(CC)CCOc1c(Br)cccc1CNC(C)C. The van der Waals surface area contributed by atoms with Crippen molar-refractivity contribution in [1.29, 1.82) is 0 Å². The minimum Gasteiger partial charge on any atom is -0.491 e. The largest absolute Gasteiger partial charge is 0.491 e. The van der Waals surface area contributed by atoms with Gasteiger partial charge in [-0.15, -0.1) is 0 Å². The predicted octanol–water partition coefficient (Wildman–Crippen LogP) is 3.67. The molecule has 0 spiro atoms. The first kappa shape index (κ1) is 17.5. The van der Waals surface area contributed by atoms with Crippen molar-refractivity contribution in [3.05, 3.63) is 28.2 Å². The lowest BCUT2D eigenvalue weighted by molar-refractivity contribution is 0.220. The minimum absolute atomic E-state index is 0.470. The second-order valence-corrected chi connectivity index (χ2v) is 5.99. The highest BCUT2D eigenvalue weighted by Gasteiger charge is 2.09. The number of nitrogens with zero attached hydrogens (tertiary/aromatic N) is 1. The number of nitrogens with one attached hydrogen (secondary N) is 1. The Bertz CT molecular complexity index is 392. The van der Waals surface area contributed by atoms with Crippen LogP contribution in [0.15, 0.2) is 22.7 Å². The smallest absolute Gasteiger partial charge is 0.138 e. The Morgan fingerprint density at radius 3 is 2.55 bits per heavy atom. The summed E-state index contributed by atoms with van der Waals surface area (Å²) in [6.45, 7) is 13.3. The molecule has 0 unspecified atom stereocenters. The summed E-state index contributed by atoms with van der Waals surface area (Å²) in [5.41, 5.74) is 1.20. The van der Waals surface area contributed by atoms with Gasteiger partial charge in [-0.3, -0.25) is 0 Å². The molecule has 1 rings (SSSR count). The van der Waals surface area contributed by atoms with E-state index in [-0.39, 0.29) is 0 Å². The number of para-hydroxylation sites is 1. The fourth-order valence-electron chi connectivity index (χ4n) is 1.99. The molecule has 0 amide bonds. The number of hydrogen-bond acceptors (Lipinski definition) is 3. The highest BCUT2D eigenvalue weighted by atomic mass is 79.9. The van der Waals surface area contributed by atoms with Crippen LogP contribution in [0.3, 0.4) is 0 Å². The van der Waals surface area contributed by atoms with E-state index in [0.29, 0.717) is 6.04 Å². The van der Waals surface area contributed by atoms with Crippen molar-refractivity contribution in [1.82, 2.24) is 10.2 Å². The first-order chi connectivity index (χ1) is 9.58. The van der Waals surface area contributed by atoms with Crippen LogP contribution in [0.25, 0.3) is 0 Å². The topological polar surface area (TPSA) is 24.5 Å². The third-order valence-corrected chi connectivity index (χ3v) is 3.92. The Balaban J connectivity index is 2.62. The van der Waals surface area contributed by atoms with Crippen molar-refractivity contribution < 1.29 is 4.74 Å². The van der Waals surface area contributed by atoms with Crippen LogP contribution in [0.5, 0.6) is 5.75 Å². The minimum atomic E-state index is 0.470. The van der Waals surface area contributed by atoms with E-state index < -0.39 is 0 Å². The number of hydrogen-bond donors (Lipinski definition) is 1. The Kier molecular flexibility index (Phi) is 8.19. The van der Waals surface area contributed by atoms with E-state index in [4.69, 9.17) is 4.74 Å². The van der Waals surface area contributed by atoms with Gasteiger partial charge in [0.1, 0.15) is 12.4 Å². The number of ether oxygens (including phenoxy) is 1. The Morgan fingerprint density at radius 1 is 1.25 bits per heavy atom. The van der Waals surface area contributed by atoms with Crippen LogP contribution in [0.1, 0.15) is 33.3 Å². The molecule has 4 heteroatoms. The molecule has 114 valence electrons. The Labute approximate surface area is 131 Å². The molecule has 1 aromatic rings. The quantitative estimate of drug-likeness (QED) is 0.740. The molecule has 1 N–H and O–H groups in total. The maximum Gasteiger partial charge on any atom is 0.138 e. The van der Waals surface area contributed by atoms with E-state index in [1.807, 2.05) is 6.07 Å². The molecule has 0 bridgehead atoms. The zero-order valence-corrected chi connectivity index (χ0v) is 14.7. The lowest BCUT2D eigenvalue weighted by Crippen LogP contribution is -2.28. The normalized spacial score (nSPS) is 11.3. The average molecular weight is 343 g/mol. The molecule has 0 fully saturated rings. The molecule has 1 aromatic carbocycles. The van der Waals surface area contributed by atoms with Gasteiger partial charge in [0.2, 0.25) is 0 Å². The first-order valence-electron chi connectivity index (χ1n) is 7.44. The molecule has 0 heterocycles. The standard InChI is InChI=1S/C16H27BrN2O/c1-5-19(6-2)10-11-20-16-14(12-18-13(3)4)8-7-9-15(16)17/h7-9,13,18H,5-6,10-12H2,1-4H3. The Morgan fingerprint density at radius 2 is 1.95 bits per heavy atom. The summed E-state index contributed by atoms with van der Waals surface area (Å²) >= 11 is 3.59.